The van der Waals surface area contributed by atoms with Crippen LogP contribution < -0.4 is 0 Å². The first-order valence-corrected chi connectivity index (χ1v) is 6.54. The molecule has 0 spiro atoms. The summed E-state index contributed by atoms with van der Waals surface area (Å²) in [6.45, 7) is 6.74. The van der Waals surface area contributed by atoms with E-state index < -0.39 is 11.7 Å². The second-order valence-electron chi connectivity index (χ2n) is 5.76. The second kappa shape index (κ2) is 6.34. The van der Waals surface area contributed by atoms with Crippen LogP contribution in [0.15, 0.2) is 0 Å². The molecule has 0 atom stereocenters. The number of piperidine rings is 1. The van der Waals surface area contributed by atoms with Gasteiger partial charge in [-0.2, -0.15) is 5.06 Å². The van der Waals surface area contributed by atoms with Gasteiger partial charge in [0, 0.05) is 26.1 Å². The van der Waals surface area contributed by atoms with Gasteiger partial charge in [-0.3, -0.25) is 9.69 Å². The fourth-order valence-corrected chi connectivity index (χ4v) is 1.98. The van der Waals surface area contributed by atoms with Crippen LogP contribution in [0.3, 0.4) is 0 Å². The molecule has 0 bridgehead atoms. The van der Waals surface area contributed by atoms with Crippen molar-refractivity contribution in [1.29, 1.82) is 0 Å². The number of hydrogen-bond donors (Lipinski definition) is 0. The molecule has 0 aromatic heterocycles. The molecule has 1 rings (SSSR count). The molecule has 1 fully saturated rings. The van der Waals surface area contributed by atoms with Crippen LogP contribution in [0.2, 0.25) is 0 Å². The van der Waals surface area contributed by atoms with Crippen LogP contribution in [0, 0.1) is 5.92 Å². The molecule has 19 heavy (non-hydrogen) atoms. The van der Waals surface area contributed by atoms with Crippen LogP contribution in [0.4, 0.5) is 4.79 Å². The van der Waals surface area contributed by atoms with Gasteiger partial charge < -0.3 is 9.57 Å². The van der Waals surface area contributed by atoms with Gasteiger partial charge in [-0.05, 0) is 33.6 Å². The molecule has 110 valence electrons. The summed E-state index contributed by atoms with van der Waals surface area (Å²) in [6.07, 6.45) is 0.797. The second-order valence-corrected chi connectivity index (χ2v) is 5.76. The highest BCUT2D eigenvalue weighted by Crippen LogP contribution is 2.20. The van der Waals surface area contributed by atoms with Crippen molar-refractivity contribution in [1.82, 2.24) is 9.96 Å². The van der Waals surface area contributed by atoms with Gasteiger partial charge in [0.15, 0.2) is 0 Å². The highest BCUT2D eigenvalue weighted by molar-refractivity contribution is 5.93. The molecule has 0 unspecified atom stereocenters. The minimum absolute atomic E-state index is 0.135. The summed E-state index contributed by atoms with van der Waals surface area (Å²) in [6, 6.07) is 0. The summed E-state index contributed by atoms with van der Waals surface area (Å²) in [5.41, 5.74) is -0.592. The predicted octanol–water partition coefficient (Wildman–Crippen LogP) is 1.65. The number of imide groups is 1. The molecule has 1 saturated heterocycles. The highest BCUT2D eigenvalue weighted by atomic mass is 16.7. The Bertz CT molecular complexity index is 330. The van der Waals surface area contributed by atoms with Crippen LogP contribution in [-0.2, 0) is 14.4 Å². The maximum absolute atomic E-state index is 12.2. The van der Waals surface area contributed by atoms with Crippen molar-refractivity contribution in [3.8, 4) is 0 Å². The summed E-state index contributed by atoms with van der Waals surface area (Å²) in [7, 11) is 3.09. The van der Waals surface area contributed by atoms with E-state index in [0.717, 1.165) is 4.90 Å². The molecular weight excluding hydrogens is 248 g/mol. The van der Waals surface area contributed by atoms with E-state index in [1.165, 1.54) is 7.05 Å². The van der Waals surface area contributed by atoms with Gasteiger partial charge in [-0.25, -0.2) is 4.79 Å². The Hall–Kier alpha value is -1.14. The van der Waals surface area contributed by atoms with Crippen LogP contribution in [0.5, 0.6) is 0 Å². The van der Waals surface area contributed by atoms with Crippen molar-refractivity contribution < 1.29 is 19.2 Å². The number of amides is 2. The van der Waals surface area contributed by atoms with E-state index in [4.69, 9.17) is 9.57 Å². The molecule has 0 aliphatic carbocycles. The Morgan fingerprint density at radius 1 is 1.21 bits per heavy atom. The van der Waals surface area contributed by atoms with Gasteiger partial charge in [0.1, 0.15) is 5.60 Å². The molecule has 1 aliphatic heterocycles. The number of ether oxygens (including phenoxy) is 1. The zero-order valence-corrected chi connectivity index (χ0v) is 12.4. The standard InChI is InChI=1S/C13H24N2O4/c1-13(2,3)19-12(17)14(4)11(16)10-6-8-15(18-5)9-7-10/h10H,6-9H2,1-5H3. The first kappa shape index (κ1) is 15.9. The minimum atomic E-state index is -0.592. The molecule has 6 heteroatoms. The Kier molecular flexibility index (Phi) is 5.31. The van der Waals surface area contributed by atoms with E-state index in [-0.39, 0.29) is 11.8 Å². The molecule has 0 aromatic rings. The van der Waals surface area contributed by atoms with Crippen LogP contribution >= 0.6 is 0 Å². The minimum Gasteiger partial charge on any atom is -0.443 e. The Morgan fingerprint density at radius 3 is 2.16 bits per heavy atom. The van der Waals surface area contributed by atoms with Crippen molar-refractivity contribution >= 4 is 12.0 Å². The Morgan fingerprint density at radius 2 is 1.74 bits per heavy atom. The zero-order chi connectivity index (χ0) is 14.6. The first-order valence-electron chi connectivity index (χ1n) is 6.54. The summed E-state index contributed by atoms with van der Waals surface area (Å²) in [5.74, 6) is -0.311. The molecule has 0 aromatic carbocycles. The highest BCUT2D eigenvalue weighted by Gasteiger charge is 2.31. The molecule has 6 nitrogen and oxygen atoms in total. The number of carbonyl (C=O) groups is 2. The topological polar surface area (TPSA) is 59.1 Å². The van der Waals surface area contributed by atoms with Gasteiger partial charge >= 0.3 is 6.09 Å². The summed E-state index contributed by atoms with van der Waals surface area (Å²) in [5, 5.41) is 1.82. The largest absolute Gasteiger partial charge is 0.443 e. The smallest absolute Gasteiger partial charge is 0.416 e. The van der Waals surface area contributed by atoms with Crippen molar-refractivity contribution in [2.24, 2.45) is 5.92 Å². The van der Waals surface area contributed by atoms with Crippen molar-refractivity contribution in [3.05, 3.63) is 0 Å². The maximum Gasteiger partial charge on any atom is 0.416 e. The fourth-order valence-electron chi connectivity index (χ4n) is 1.98. The van der Waals surface area contributed by atoms with E-state index >= 15 is 0 Å². The molecule has 0 radical (unpaired) electrons. The lowest BCUT2D eigenvalue weighted by Crippen LogP contribution is -2.44. The van der Waals surface area contributed by atoms with Crippen molar-refractivity contribution in [2.75, 3.05) is 27.2 Å². The van der Waals surface area contributed by atoms with Crippen LogP contribution in [0.25, 0.3) is 0 Å². The van der Waals surface area contributed by atoms with Gasteiger partial charge in [0.05, 0.1) is 7.11 Å². The van der Waals surface area contributed by atoms with Gasteiger partial charge in [0.2, 0.25) is 5.91 Å². The first-order chi connectivity index (χ1) is 8.74. The van der Waals surface area contributed by atoms with Crippen LogP contribution in [-0.4, -0.2) is 54.8 Å². The summed E-state index contributed by atoms with van der Waals surface area (Å²) < 4.78 is 5.18. The number of hydrogen-bond acceptors (Lipinski definition) is 5. The molecular formula is C13H24N2O4. The lowest BCUT2D eigenvalue weighted by Gasteiger charge is -2.31. The Labute approximate surface area is 114 Å². The average molecular weight is 272 g/mol. The summed E-state index contributed by atoms with van der Waals surface area (Å²) >= 11 is 0. The normalized spacial score (nSPS) is 18.2. The third kappa shape index (κ3) is 4.80. The SMILES string of the molecule is CON1CCC(C(=O)N(C)C(=O)OC(C)(C)C)CC1. The van der Waals surface area contributed by atoms with Gasteiger partial charge in [-0.15, -0.1) is 0 Å². The molecule has 1 heterocycles. The quantitative estimate of drug-likeness (QED) is 0.765. The fraction of sp³-hybridized carbons (Fsp3) is 0.846. The van der Waals surface area contributed by atoms with Crippen molar-refractivity contribution in [3.63, 3.8) is 0 Å². The number of rotatable bonds is 2. The monoisotopic (exact) mass is 272 g/mol. The molecule has 1 aliphatic rings. The number of hydroxylamine groups is 2. The molecule has 2 amide bonds. The van der Waals surface area contributed by atoms with E-state index in [1.54, 1.807) is 27.9 Å². The third-order valence-electron chi connectivity index (χ3n) is 3.06. The van der Waals surface area contributed by atoms with E-state index in [2.05, 4.69) is 0 Å². The maximum atomic E-state index is 12.2. The van der Waals surface area contributed by atoms with E-state index in [0.29, 0.717) is 25.9 Å². The third-order valence-corrected chi connectivity index (χ3v) is 3.06. The Balaban J connectivity index is 2.51. The van der Waals surface area contributed by atoms with Gasteiger partial charge in [0.25, 0.3) is 0 Å². The molecule has 0 N–H and O–H groups in total. The van der Waals surface area contributed by atoms with Gasteiger partial charge in [-0.1, -0.05) is 0 Å². The zero-order valence-electron chi connectivity index (χ0n) is 12.4. The van der Waals surface area contributed by atoms with Crippen LogP contribution in [0.1, 0.15) is 33.6 Å². The molecule has 0 saturated carbocycles. The lowest BCUT2D eigenvalue weighted by molar-refractivity contribution is -0.157. The summed E-state index contributed by atoms with van der Waals surface area (Å²) in [4.78, 5) is 30.2. The van der Waals surface area contributed by atoms with Crippen molar-refractivity contribution in [2.45, 2.75) is 39.2 Å². The van der Waals surface area contributed by atoms with E-state index in [9.17, 15) is 9.59 Å². The number of nitrogens with zero attached hydrogens (tertiary/aromatic N) is 2. The van der Waals surface area contributed by atoms with E-state index in [1.807, 2.05) is 5.06 Å². The number of carbonyl (C=O) groups excluding carboxylic acids is 2. The lowest BCUT2D eigenvalue weighted by atomic mass is 9.96. The predicted molar refractivity (Wildman–Crippen MR) is 70.3 cm³/mol. The average Bonchev–Trinajstić information content (AvgIpc) is 2.35.